The molecule has 1 fully saturated rings. The summed E-state index contributed by atoms with van der Waals surface area (Å²) < 4.78 is 24.8. The number of nitrogens with zero attached hydrogens (tertiary/aromatic N) is 3. The van der Waals surface area contributed by atoms with Crippen molar-refractivity contribution in [2.75, 3.05) is 30.8 Å². The van der Waals surface area contributed by atoms with Crippen LogP contribution in [0.2, 0.25) is 0 Å². The van der Waals surface area contributed by atoms with Crippen molar-refractivity contribution < 1.29 is 8.42 Å². The van der Waals surface area contributed by atoms with Crippen molar-refractivity contribution in [1.29, 1.82) is 0 Å². The van der Waals surface area contributed by atoms with Gasteiger partial charge in [0.1, 0.15) is 0 Å². The molecule has 0 radical (unpaired) electrons. The number of aryl methyl sites for hydroxylation is 2. The average Bonchev–Trinajstić information content (AvgIpc) is 2.35. The zero-order chi connectivity index (χ0) is 14.8. The molecule has 7 heteroatoms. The normalized spacial score (nSPS) is 17.4. The largest absolute Gasteiger partial charge is 0.341 e. The molecule has 1 aromatic heterocycles. The molecule has 112 valence electrons. The predicted octanol–water partition coefficient (Wildman–Crippen LogP) is 0.859. The number of aromatic nitrogens is 2. The van der Waals surface area contributed by atoms with Crippen molar-refractivity contribution in [1.82, 2.24) is 14.7 Å². The summed E-state index contributed by atoms with van der Waals surface area (Å²) in [6.07, 6.45) is 3.11. The molecule has 1 saturated heterocycles. The first-order chi connectivity index (χ1) is 9.33. The van der Waals surface area contributed by atoms with Crippen LogP contribution in [0, 0.1) is 19.8 Å². The molecule has 1 aliphatic rings. The molecule has 1 aliphatic heterocycles. The molecular weight excluding hydrogens is 276 g/mol. The van der Waals surface area contributed by atoms with Gasteiger partial charge in [0, 0.05) is 31.0 Å². The smallest absolute Gasteiger partial charge is 0.225 e. The van der Waals surface area contributed by atoms with Crippen molar-refractivity contribution in [3.63, 3.8) is 0 Å². The molecule has 0 atom stereocenters. The number of rotatable bonds is 4. The van der Waals surface area contributed by atoms with Crippen LogP contribution in [0.25, 0.3) is 0 Å². The van der Waals surface area contributed by atoms with Crippen LogP contribution in [0.3, 0.4) is 0 Å². The fraction of sp³-hybridized carbons (Fsp3) is 0.692. The molecule has 0 aromatic carbocycles. The first-order valence-electron chi connectivity index (χ1n) is 6.85. The minimum absolute atomic E-state index is 0.395. The van der Waals surface area contributed by atoms with Gasteiger partial charge in [0.15, 0.2) is 0 Å². The molecule has 0 bridgehead atoms. The number of piperidine rings is 1. The van der Waals surface area contributed by atoms with Crippen LogP contribution < -0.4 is 9.62 Å². The summed E-state index contributed by atoms with van der Waals surface area (Å²) in [5.74, 6) is 1.18. The summed E-state index contributed by atoms with van der Waals surface area (Å²) in [5.41, 5.74) is 1.96. The Morgan fingerprint density at radius 3 is 2.30 bits per heavy atom. The lowest BCUT2D eigenvalue weighted by molar-refractivity contribution is 0.399. The van der Waals surface area contributed by atoms with E-state index in [0.717, 1.165) is 43.3 Å². The summed E-state index contributed by atoms with van der Waals surface area (Å²) in [5, 5.41) is 0. The Balaban J connectivity index is 1.91. The third-order valence-corrected chi connectivity index (χ3v) is 4.19. The number of anilines is 1. The van der Waals surface area contributed by atoms with Crippen LogP contribution in [0.5, 0.6) is 0 Å². The summed E-state index contributed by atoms with van der Waals surface area (Å²) in [7, 11) is -3.09. The molecule has 0 unspecified atom stereocenters. The number of nitrogens with one attached hydrogen (secondary N) is 1. The molecule has 2 rings (SSSR count). The first-order valence-corrected chi connectivity index (χ1v) is 8.74. The molecule has 1 N–H and O–H groups in total. The second-order valence-corrected chi connectivity index (χ2v) is 7.33. The maximum Gasteiger partial charge on any atom is 0.225 e. The van der Waals surface area contributed by atoms with Gasteiger partial charge >= 0.3 is 0 Å². The molecule has 20 heavy (non-hydrogen) atoms. The molecule has 0 aliphatic carbocycles. The predicted molar refractivity (Wildman–Crippen MR) is 79.3 cm³/mol. The van der Waals surface area contributed by atoms with E-state index in [-0.39, 0.29) is 0 Å². The number of sulfonamides is 1. The number of hydrogen-bond donors (Lipinski definition) is 1. The fourth-order valence-corrected chi connectivity index (χ4v) is 2.99. The van der Waals surface area contributed by atoms with Crippen LogP contribution in [0.15, 0.2) is 6.07 Å². The lowest BCUT2D eigenvalue weighted by atomic mass is 9.97. The van der Waals surface area contributed by atoms with Crippen LogP contribution >= 0.6 is 0 Å². The minimum atomic E-state index is -3.09. The van der Waals surface area contributed by atoms with Crippen molar-refractivity contribution in [2.24, 2.45) is 5.92 Å². The van der Waals surface area contributed by atoms with Gasteiger partial charge in [0.2, 0.25) is 16.0 Å². The second-order valence-electron chi connectivity index (χ2n) is 5.50. The van der Waals surface area contributed by atoms with Gasteiger partial charge in [0.25, 0.3) is 0 Å². The molecule has 1 aromatic rings. The second kappa shape index (κ2) is 6.05. The highest BCUT2D eigenvalue weighted by Gasteiger charge is 2.21. The SMILES string of the molecule is Cc1cc(C)nc(N2CCC(CNS(C)(=O)=O)CC2)n1. The summed E-state index contributed by atoms with van der Waals surface area (Å²) >= 11 is 0. The van der Waals surface area contributed by atoms with Crippen molar-refractivity contribution in [3.05, 3.63) is 17.5 Å². The van der Waals surface area contributed by atoms with Crippen LogP contribution in [-0.2, 0) is 10.0 Å². The maximum atomic E-state index is 11.1. The lowest BCUT2D eigenvalue weighted by Gasteiger charge is -2.32. The minimum Gasteiger partial charge on any atom is -0.341 e. The van der Waals surface area contributed by atoms with Gasteiger partial charge in [-0.15, -0.1) is 0 Å². The zero-order valence-corrected chi connectivity index (χ0v) is 13.1. The van der Waals surface area contributed by atoms with Crippen molar-refractivity contribution in [3.8, 4) is 0 Å². The van der Waals surface area contributed by atoms with E-state index in [1.165, 1.54) is 6.26 Å². The molecule has 0 saturated carbocycles. The molecule has 6 nitrogen and oxygen atoms in total. The van der Waals surface area contributed by atoms with E-state index in [1.54, 1.807) is 0 Å². The molecular formula is C13H22N4O2S. The average molecular weight is 298 g/mol. The van der Waals surface area contributed by atoms with E-state index in [9.17, 15) is 8.42 Å². The Morgan fingerprint density at radius 1 is 1.25 bits per heavy atom. The summed E-state index contributed by atoms with van der Waals surface area (Å²) in [6.45, 7) is 6.22. The zero-order valence-electron chi connectivity index (χ0n) is 12.3. The fourth-order valence-electron chi connectivity index (χ4n) is 2.46. The highest BCUT2D eigenvalue weighted by Crippen LogP contribution is 2.20. The van der Waals surface area contributed by atoms with Gasteiger partial charge < -0.3 is 4.90 Å². The van der Waals surface area contributed by atoms with E-state index in [4.69, 9.17) is 0 Å². The molecule has 0 spiro atoms. The third-order valence-electron chi connectivity index (χ3n) is 3.50. The summed E-state index contributed by atoms with van der Waals surface area (Å²) in [6, 6.07) is 1.96. The van der Waals surface area contributed by atoms with E-state index < -0.39 is 10.0 Å². The first kappa shape index (κ1) is 15.2. The Bertz CT molecular complexity index is 545. The van der Waals surface area contributed by atoms with E-state index >= 15 is 0 Å². The maximum absolute atomic E-state index is 11.1. The Morgan fingerprint density at radius 2 is 1.80 bits per heavy atom. The van der Waals surface area contributed by atoms with Crippen LogP contribution in [0.1, 0.15) is 24.2 Å². The van der Waals surface area contributed by atoms with Gasteiger partial charge in [0.05, 0.1) is 6.26 Å². The summed E-state index contributed by atoms with van der Waals surface area (Å²) in [4.78, 5) is 11.1. The van der Waals surface area contributed by atoms with Crippen LogP contribution in [0.4, 0.5) is 5.95 Å². The van der Waals surface area contributed by atoms with Gasteiger partial charge in [-0.1, -0.05) is 0 Å². The van der Waals surface area contributed by atoms with Gasteiger partial charge in [-0.3, -0.25) is 0 Å². The molecule has 0 amide bonds. The highest BCUT2D eigenvalue weighted by atomic mass is 32.2. The molecule has 2 heterocycles. The standard InChI is InChI=1S/C13H22N4O2S/c1-10-8-11(2)16-13(15-10)17-6-4-12(5-7-17)9-14-20(3,18)19/h8,12,14H,4-7,9H2,1-3H3. The van der Waals surface area contributed by atoms with Gasteiger partial charge in [-0.05, 0) is 38.7 Å². The van der Waals surface area contributed by atoms with E-state index in [0.29, 0.717) is 12.5 Å². The Hall–Kier alpha value is -1.21. The lowest BCUT2D eigenvalue weighted by Crippen LogP contribution is -2.39. The number of hydrogen-bond acceptors (Lipinski definition) is 5. The van der Waals surface area contributed by atoms with Crippen molar-refractivity contribution >= 4 is 16.0 Å². The third kappa shape index (κ3) is 4.42. The van der Waals surface area contributed by atoms with Gasteiger partial charge in [-0.25, -0.2) is 23.1 Å². The van der Waals surface area contributed by atoms with E-state index in [1.807, 2.05) is 19.9 Å². The van der Waals surface area contributed by atoms with E-state index in [2.05, 4.69) is 19.6 Å². The quantitative estimate of drug-likeness (QED) is 0.892. The Kier molecular flexibility index (Phi) is 4.59. The monoisotopic (exact) mass is 298 g/mol. The topological polar surface area (TPSA) is 75.2 Å². The Labute approximate surface area is 120 Å². The van der Waals surface area contributed by atoms with Gasteiger partial charge in [-0.2, -0.15) is 0 Å². The van der Waals surface area contributed by atoms with Crippen molar-refractivity contribution in [2.45, 2.75) is 26.7 Å². The highest BCUT2D eigenvalue weighted by molar-refractivity contribution is 7.88. The van der Waals surface area contributed by atoms with Crippen LogP contribution in [-0.4, -0.2) is 44.3 Å².